The SMILES string of the molecule is Br.CCCCCCCCCCCCC(CCCC(=O)Oc1ccc([N+](=O)[O-])cc1)C(C)(C)N. The highest BCUT2D eigenvalue weighted by atomic mass is 79.9. The van der Waals surface area contributed by atoms with E-state index in [4.69, 9.17) is 10.5 Å². The first-order chi connectivity index (χ1) is 15.2. The lowest BCUT2D eigenvalue weighted by Gasteiger charge is -2.31. The van der Waals surface area contributed by atoms with Gasteiger partial charge >= 0.3 is 5.97 Å². The Bertz CT molecular complexity index is 659. The molecule has 1 atom stereocenters. The molecule has 0 saturated carbocycles. The van der Waals surface area contributed by atoms with Gasteiger partial charge in [0.2, 0.25) is 0 Å². The highest BCUT2D eigenvalue weighted by Crippen LogP contribution is 2.27. The van der Waals surface area contributed by atoms with Crippen molar-refractivity contribution in [3.8, 4) is 5.75 Å². The molecule has 1 aromatic carbocycles. The summed E-state index contributed by atoms with van der Waals surface area (Å²) >= 11 is 0. The van der Waals surface area contributed by atoms with E-state index in [2.05, 4.69) is 20.8 Å². The molecule has 190 valence electrons. The maximum absolute atomic E-state index is 12.1. The fraction of sp³-hybridized carbons (Fsp3) is 0.731. The van der Waals surface area contributed by atoms with Crippen molar-refractivity contribution in [1.29, 1.82) is 0 Å². The van der Waals surface area contributed by atoms with Crippen LogP contribution in [0, 0.1) is 16.0 Å². The van der Waals surface area contributed by atoms with E-state index in [1.807, 2.05) is 0 Å². The molecule has 2 N–H and O–H groups in total. The van der Waals surface area contributed by atoms with E-state index in [0.717, 1.165) is 19.3 Å². The molecule has 1 aromatic rings. The highest BCUT2D eigenvalue weighted by molar-refractivity contribution is 8.93. The second kappa shape index (κ2) is 17.9. The van der Waals surface area contributed by atoms with Crippen LogP contribution in [0.15, 0.2) is 24.3 Å². The maximum atomic E-state index is 12.1. The third kappa shape index (κ3) is 15.1. The van der Waals surface area contributed by atoms with Gasteiger partial charge in [-0.3, -0.25) is 14.9 Å². The summed E-state index contributed by atoms with van der Waals surface area (Å²) in [4.78, 5) is 22.3. The van der Waals surface area contributed by atoms with E-state index in [1.54, 1.807) is 0 Å². The van der Waals surface area contributed by atoms with E-state index in [1.165, 1.54) is 88.5 Å². The van der Waals surface area contributed by atoms with Crippen LogP contribution in [0.2, 0.25) is 0 Å². The largest absolute Gasteiger partial charge is 0.427 e. The number of ether oxygens (including phenoxy) is 1. The number of hydrogen-bond donors (Lipinski definition) is 1. The van der Waals surface area contributed by atoms with E-state index >= 15 is 0 Å². The quantitative estimate of drug-likeness (QED) is 0.0685. The lowest BCUT2D eigenvalue weighted by molar-refractivity contribution is -0.384. The van der Waals surface area contributed by atoms with Crippen LogP contribution in [-0.2, 0) is 4.79 Å². The molecule has 6 nitrogen and oxygen atoms in total. The minimum absolute atomic E-state index is 0. The number of nitrogens with zero attached hydrogens (tertiary/aromatic N) is 1. The minimum Gasteiger partial charge on any atom is -0.427 e. The van der Waals surface area contributed by atoms with E-state index in [0.29, 0.717) is 18.1 Å². The van der Waals surface area contributed by atoms with Gasteiger partial charge < -0.3 is 10.5 Å². The monoisotopic (exact) mass is 528 g/mol. The minimum atomic E-state index is -0.477. The van der Waals surface area contributed by atoms with Gasteiger partial charge in [0.15, 0.2) is 0 Å². The van der Waals surface area contributed by atoms with Crippen molar-refractivity contribution < 1.29 is 14.5 Å². The molecule has 0 aliphatic heterocycles. The summed E-state index contributed by atoms with van der Waals surface area (Å²) in [6.45, 7) is 6.40. The van der Waals surface area contributed by atoms with Gasteiger partial charge in [0, 0.05) is 24.1 Å². The topological polar surface area (TPSA) is 95.5 Å². The summed E-state index contributed by atoms with van der Waals surface area (Å²) in [6, 6.07) is 5.57. The number of carbonyl (C=O) groups is 1. The van der Waals surface area contributed by atoms with Gasteiger partial charge in [-0.05, 0) is 51.2 Å². The fourth-order valence-electron chi connectivity index (χ4n) is 4.08. The lowest BCUT2D eigenvalue weighted by Crippen LogP contribution is -2.41. The van der Waals surface area contributed by atoms with Crippen molar-refractivity contribution in [3.05, 3.63) is 34.4 Å². The van der Waals surface area contributed by atoms with Gasteiger partial charge in [0.05, 0.1) is 4.92 Å². The predicted molar refractivity (Wildman–Crippen MR) is 141 cm³/mol. The molecular formula is C26H45BrN2O4. The molecule has 7 heteroatoms. The molecule has 0 amide bonds. The number of nitro groups is 1. The standard InChI is InChI=1S/C26H44N2O4.BrH/c1-4-5-6-7-8-9-10-11-12-13-15-22(26(2,3)27)16-14-17-25(29)32-24-20-18-23(19-21-24)28(30)31;/h18-22H,4-17,27H2,1-3H3;1H. The van der Waals surface area contributed by atoms with E-state index in [-0.39, 0.29) is 34.2 Å². The summed E-state index contributed by atoms with van der Waals surface area (Å²) in [6.07, 6.45) is 16.3. The molecule has 1 rings (SSSR count). The molecule has 0 aliphatic carbocycles. The van der Waals surface area contributed by atoms with Crippen molar-refractivity contribution in [2.75, 3.05) is 0 Å². The molecule has 0 fully saturated rings. The third-order valence-corrected chi connectivity index (χ3v) is 6.17. The van der Waals surface area contributed by atoms with Gasteiger partial charge in [-0.15, -0.1) is 17.0 Å². The number of hydrogen-bond acceptors (Lipinski definition) is 5. The highest BCUT2D eigenvalue weighted by Gasteiger charge is 2.24. The van der Waals surface area contributed by atoms with Crippen LogP contribution >= 0.6 is 17.0 Å². The normalized spacial score (nSPS) is 12.1. The number of esters is 1. The summed E-state index contributed by atoms with van der Waals surface area (Å²) in [5.41, 5.74) is 6.12. The Hall–Kier alpha value is -1.47. The Morgan fingerprint density at radius 1 is 0.939 bits per heavy atom. The van der Waals surface area contributed by atoms with Gasteiger partial charge in [0.25, 0.3) is 5.69 Å². The second-order valence-electron chi connectivity index (χ2n) is 9.61. The predicted octanol–water partition coefficient (Wildman–Crippen LogP) is 7.91. The van der Waals surface area contributed by atoms with Crippen LogP contribution in [0.3, 0.4) is 0 Å². The zero-order valence-corrected chi connectivity index (χ0v) is 22.6. The average Bonchev–Trinajstić information content (AvgIpc) is 2.73. The fourth-order valence-corrected chi connectivity index (χ4v) is 4.08. The lowest BCUT2D eigenvalue weighted by atomic mass is 9.81. The van der Waals surface area contributed by atoms with Crippen LogP contribution < -0.4 is 10.5 Å². The van der Waals surface area contributed by atoms with Crippen LogP contribution in [0.25, 0.3) is 0 Å². The summed E-state index contributed by atoms with van der Waals surface area (Å²) in [5, 5.41) is 10.7. The van der Waals surface area contributed by atoms with E-state index in [9.17, 15) is 14.9 Å². The molecular weight excluding hydrogens is 484 g/mol. The van der Waals surface area contributed by atoms with Crippen molar-refractivity contribution in [2.45, 2.75) is 116 Å². The van der Waals surface area contributed by atoms with Gasteiger partial charge in [-0.1, -0.05) is 71.1 Å². The second-order valence-corrected chi connectivity index (χ2v) is 9.61. The number of non-ortho nitro benzene ring substituents is 1. The first-order valence-electron chi connectivity index (χ1n) is 12.5. The zero-order chi connectivity index (χ0) is 23.8. The van der Waals surface area contributed by atoms with Crippen molar-refractivity contribution in [2.24, 2.45) is 11.7 Å². The van der Waals surface area contributed by atoms with Crippen molar-refractivity contribution in [3.63, 3.8) is 0 Å². The number of nitrogens with two attached hydrogens (primary N) is 1. The number of halogens is 1. The average molecular weight is 530 g/mol. The first-order valence-corrected chi connectivity index (χ1v) is 12.5. The number of unbranched alkanes of at least 4 members (excludes halogenated alkanes) is 9. The Morgan fingerprint density at radius 2 is 1.42 bits per heavy atom. The molecule has 0 saturated heterocycles. The first kappa shape index (κ1) is 31.5. The Kier molecular flexibility index (Phi) is 17.1. The molecule has 1 unspecified atom stereocenters. The molecule has 0 aromatic heterocycles. The number of benzene rings is 1. The van der Waals surface area contributed by atoms with Crippen LogP contribution in [0.4, 0.5) is 5.69 Å². The molecule has 0 heterocycles. The Balaban J connectivity index is 0.0000102. The van der Waals surface area contributed by atoms with Crippen LogP contribution in [0.1, 0.15) is 111 Å². The van der Waals surface area contributed by atoms with Gasteiger partial charge in [-0.25, -0.2) is 0 Å². The molecule has 0 radical (unpaired) electrons. The van der Waals surface area contributed by atoms with Gasteiger partial charge in [0.1, 0.15) is 5.75 Å². The number of carbonyl (C=O) groups excluding carboxylic acids is 1. The Morgan fingerprint density at radius 3 is 1.91 bits per heavy atom. The van der Waals surface area contributed by atoms with Crippen LogP contribution in [-0.4, -0.2) is 16.4 Å². The summed E-state index contributed by atoms with van der Waals surface area (Å²) in [7, 11) is 0. The third-order valence-electron chi connectivity index (χ3n) is 6.17. The van der Waals surface area contributed by atoms with Crippen molar-refractivity contribution in [1.82, 2.24) is 0 Å². The summed E-state index contributed by atoms with van der Waals surface area (Å²) in [5.74, 6) is 0.400. The molecule has 0 aliphatic rings. The summed E-state index contributed by atoms with van der Waals surface area (Å²) < 4.78 is 5.29. The molecule has 0 spiro atoms. The Labute approximate surface area is 211 Å². The zero-order valence-electron chi connectivity index (χ0n) is 20.9. The maximum Gasteiger partial charge on any atom is 0.311 e. The van der Waals surface area contributed by atoms with Crippen molar-refractivity contribution >= 4 is 28.6 Å². The molecule has 0 bridgehead atoms. The van der Waals surface area contributed by atoms with Gasteiger partial charge in [-0.2, -0.15) is 0 Å². The number of rotatable bonds is 18. The van der Waals surface area contributed by atoms with Crippen LogP contribution in [0.5, 0.6) is 5.75 Å². The molecule has 33 heavy (non-hydrogen) atoms. The number of nitro benzene ring substituents is 1. The van der Waals surface area contributed by atoms with E-state index < -0.39 is 4.92 Å². The smallest absolute Gasteiger partial charge is 0.311 e.